The van der Waals surface area contributed by atoms with Gasteiger partial charge in [0.25, 0.3) is 0 Å². The van der Waals surface area contributed by atoms with Crippen LogP contribution in [0.25, 0.3) is 0 Å². The molecule has 2 unspecified atom stereocenters. The van der Waals surface area contributed by atoms with Crippen molar-refractivity contribution < 1.29 is 4.79 Å². The van der Waals surface area contributed by atoms with E-state index in [0.717, 1.165) is 32.2 Å². The summed E-state index contributed by atoms with van der Waals surface area (Å²) in [4.78, 5) is 19.2. The SMILES string of the molecule is O=C(CNCN1CN2CCCN(C2)C1)c1ccccc1. The highest BCUT2D eigenvalue weighted by Gasteiger charge is 2.25. The van der Waals surface area contributed by atoms with E-state index in [2.05, 4.69) is 20.0 Å². The van der Waals surface area contributed by atoms with Crippen LogP contribution in [0.2, 0.25) is 0 Å². The van der Waals surface area contributed by atoms with Crippen LogP contribution in [0, 0.1) is 0 Å². The summed E-state index contributed by atoms with van der Waals surface area (Å²) in [6.07, 6.45) is 1.27. The first-order chi connectivity index (χ1) is 9.81. The standard InChI is InChI=1S/C15H22N4O/c20-15(14-5-2-1-3-6-14)9-16-10-19-12-17-7-4-8-18(11-17)13-19/h1-3,5-6,16H,4,7-13H2. The van der Waals surface area contributed by atoms with E-state index < -0.39 is 0 Å². The average molecular weight is 274 g/mol. The lowest BCUT2D eigenvalue weighted by Gasteiger charge is -2.45. The summed E-state index contributed by atoms with van der Waals surface area (Å²) in [5.41, 5.74) is 0.781. The fourth-order valence-corrected chi connectivity index (χ4v) is 2.94. The minimum absolute atomic E-state index is 0.156. The molecule has 1 aromatic rings. The molecule has 108 valence electrons. The number of nitrogens with zero attached hydrogens (tertiary/aromatic N) is 3. The van der Waals surface area contributed by atoms with E-state index in [1.165, 1.54) is 19.5 Å². The normalized spacial score (nSPS) is 26.4. The van der Waals surface area contributed by atoms with Gasteiger partial charge >= 0.3 is 0 Å². The smallest absolute Gasteiger partial charge is 0.176 e. The predicted molar refractivity (Wildman–Crippen MR) is 78.1 cm³/mol. The van der Waals surface area contributed by atoms with Gasteiger partial charge < -0.3 is 0 Å². The van der Waals surface area contributed by atoms with Crippen LogP contribution < -0.4 is 5.32 Å². The Hall–Kier alpha value is -1.27. The molecule has 3 rings (SSSR count). The molecule has 0 amide bonds. The number of rotatable bonds is 5. The number of hydrogen-bond acceptors (Lipinski definition) is 5. The molecule has 2 atom stereocenters. The van der Waals surface area contributed by atoms with Crippen LogP contribution in [0.3, 0.4) is 0 Å². The molecule has 2 bridgehead atoms. The van der Waals surface area contributed by atoms with Gasteiger partial charge in [0.15, 0.2) is 5.78 Å². The number of carbonyl (C=O) groups excluding carboxylic acids is 1. The van der Waals surface area contributed by atoms with Crippen molar-refractivity contribution in [3.8, 4) is 0 Å². The summed E-state index contributed by atoms with van der Waals surface area (Å²) < 4.78 is 0. The number of benzene rings is 1. The minimum Gasteiger partial charge on any atom is -0.297 e. The average Bonchev–Trinajstić information content (AvgIpc) is 2.48. The van der Waals surface area contributed by atoms with Crippen molar-refractivity contribution in [1.29, 1.82) is 0 Å². The Balaban J connectivity index is 1.43. The van der Waals surface area contributed by atoms with E-state index in [0.29, 0.717) is 6.54 Å². The monoisotopic (exact) mass is 274 g/mol. The third-order valence-electron chi connectivity index (χ3n) is 3.87. The van der Waals surface area contributed by atoms with Crippen LogP contribution >= 0.6 is 0 Å². The number of Topliss-reactive ketones (excluding diaryl/α,β-unsaturated/α-hetero) is 1. The zero-order valence-electron chi connectivity index (χ0n) is 11.8. The number of carbonyl (C=O) groups is 1. The zero-order chi connectivity index (χ0) is 13.8. The van der Waals surface area contributed by atoms with Crippen molar-refractivity contribution in [2.45, 2.75) is 6.42 Å². The van der Waals surface area contributed by atoms with Gasteiger partial charge in [-0.25, -0.2) is 0 Å². The topological polar surface area (TPSA) is 38.8 Å². The van der Waals surface area contributed by atoms with Gasteiger partial charge in [-0.2, -0.15) is 0 Å². The first kappa shape index (κ1) is 13.7. The molecule has 2 saturated heterocycles. The van der Waals surface area contributed by atoms with Gasteiger partial charge in [-0.3, -0.25) is 24.8 Å². The second kappa shape index (κ2) is 6.45. The lowest BCUT2D eigenvalue weighted by atomic mass is 10.1. The molecule has 0 radical (unpaired) electrons. The second-order valence-electron chi connectivity index (χ2n) is 5.61. The van der Waals surface area contributed by atoms with Crippen molar-refractivity contribution in [2.24, 2.45) is 0 Å². The highest BCUT2D eigenvalue weighted by Crippen LogP contribution is 2.12. The highest BCUT2D eigenvalue weighted by atomic mass is 16.1. The molecule has 1 N–H and O–H groups in total. The van der Waals surface area contributed by atoms with Crippen LogP contribution in [0.15, 0.2) is 30.3 Å². The summed E-state index contributed by atoms with van der Waals surface area (Å²) >= 11 is 0. The van der Waals surface area contributed by atoms with E-state index in [-0.39, 0.29) is 5.78 Å². The summed E-state index contributed by atoms with van der Waals surface area (Å²) in [5, 5.41) is 3.27. The molecule has 0 spiro atoms. The first-order valence-corrected chi connectivity index (χ1v) is 7.27. The van der Waals surface area contributed by atoms with E-state index in [1.807, 2.05) is 30.3 Å². The maximum absolute atomic E-state index is 12.0. The van der Waals surface area contributed by atoms with E-state index in [4.69, 9.17) is 0 Å². The second-order valence-corrected chi connectivity index (χ2v) is 5.61. The quantitative estimate of drug-likeness (QED) is 0.797. The Morgan fingerprint density at radius 2 is 1.75 bits per heavy atom. The third kappa shape index (κ3) is 3.43. The van der Waals surface area contributed by atoms with Gasteiger partial charge in [-0.1, -0.05) is 30.3 Å². The molecule has 5 nitrogen and oxygen atoms in total. The fourth-order valence-electron chi connectivity index (χ4n) is 2.94. The highest BCUT2D eigenvalue weighted by molar-refractivity contribution is 5.97. The molecule has 2 heterocycles. The molecule has 20 heavy (non-hydrogen) atoms. The molecule has 5 heteroatoms. The van der Waals surface area contributed by atoms with Gasteiger partial charge in [0.1, 0.15) is 0 Å². The number of hydrogen-bond donors (Lipinski definition) is 1. The van der Waals surface area contributed by atoms with Gasteiger partial charge in [0.2, 0.25) is 0 Å². The Bertz CT molecular complexity index is 438. The molecular formula is C15H22N4O. The zero-order valence-corrected chi connectivity index (χ0v) is 11.8. The third-order valence-corrected chi connectivity index (χ3v) is 3.87. The molecule has 0 saturated carbocycles. The van der Waals surface area contributed by atoms with Crippen LogP contribution in [0.1, 0.15) is 16.8 Å². The Morgan fingerprint density at radius 3 is 2.45 bits per heavy atom. The number of ketones is 1. The van der Waals surface area contributed by atoms with Gasteiger partial charge in [-0.15, -0.1) is 0 Å². The lowest BCUT2D eigenvalue weighted by molar-refractivity contribution is -0.0579. The molecule has 2 aliphatic rings. The number of fused-ring (bicyclic) bond motifs is 2. The van der Waals surface area contributed by atoms with E-state index in [9.17, 15) is 4.79 Å². The van der Waals surface area contributed by atoms with Crippen LogP contribution in [-0.2, 0) is 0 Å². The van der Waals surface area contributed by atoms with Crippen molar-refractivity contribution >= 4 is 5.78 Å². The Morgan fingerprint density at radius 1 is 1.05 bits per heavy atom. The summed E-state index contributed by atoms with van der Waals surface area (Å²) in [6.45, 7) is 6.66. The van der Waals surface area contributed by atoms with Crippen LogP contribution in [-0.4, -0.2) is 66.8 Å². The first-order valence-electron chi connectivity index (χ1n) is 7.27. The molecule has 0 aromatic heterocycles. The van der Waals surface area contributed by atoms with E-state index >= 15 is 0 Å². The molecular weight excluding hydrogens is 252 g/mol. The Labute approximate surface area is 120 Å². The molecule has 0 aliphatic carbocycles. The molecule has 1 aromatic carbocycles. The summed E-state index contributed by atoms with van der Waals surface area (Å²) in [7, 11) is 0. The van der Waals surface area contributed by atoms with E-state index in [1.54, 1.807) is 0 Å². The predicted octanol–water partition coefficient (Wildman–Crippen LogP) is 0.612. The van der Waals surface area contributed by atoms with Gasteiger partial charge in [0, 0.05) is 18.7 Å². The molecule has 2 aliphatic heterocycles. The Kier molecular flexibility index (Phi) is 4.42. The van der Waals surface area contributed by atoms with Crippen molar-refractivity contribution in [2.75, 3.05) is 46.3 Å². The van der Waals surface area contributed by atoms with Crippen LogP contribution in [0.5, 0.6) is 0 Å². The fraction of sp³-hybridized carbons (Fsp3) is 0.533. The largest absolute Gasteiger partial charge is 0.297 e. The molecule has 2 fully saturated rings. The van der Waals surface area contributed by atoms with Gasteiger partial charge in [-0.05, 0) is 6.42 Å². The maximum atomic E-state index is 12.0. The number of nitrogens with one attached hydrogen (secondary N) is 1. The summed E-state index contributed by atoms with van der Waals surface area (Å²) in [5.74, 6) is 0.156. The van der Waals surface area contributed by atoms with Gasteiger partial charge in [0.05, 0.1) is 33.2 Å². The van der Waals surface area contributed by atoms with Crippen molar-refractivity contribution in [3.63, 3.8) is 0 Å². The minimum atomic E-state index is 0.156. The lowest BCUT2D eigenvalue weighted by Crippen LogP contribution is -2.59. The van der Waals surface area contributed by atoms with Crippen molar-refractivity contribution in [1.82, 2.24) is 20.0 Å². The summed E-state index contributed by atoms with van der Waals surface area (Å²) in [6, 6.07) is 9.47. The van der Waals surface area contributed by atoms with Crippen molar-refractivity contribution in [3.05, 3.63) is 35.9 Å². The maximum Gasteiger partial charge on any atom is 0.176 e. The van der Waals surface area contributed by atoms with Crippen LogP contribution in [0.4, 0.5) is 0 Å².